The van der Waals surface area contributed by atoms with Crippen molar-refractivity contribution in [1.29, 1.82) is 0 Å². The molecule has 208 valence electrons. The minimum Gasteiger partial charge on any atom is -0.478 e. The molecule has 7 heteroatoms. The second-order valence-electron chi connectivity index (χ2n) is 10.5. The summed E-state index contributed by atoms with van der Waals surface area (Å²) < 4.78 is 84.5. The molecular formula is C32H32F6O. The van der Waals surface area contributed by atoms with E-state index in [1.54, 1.807) is 12.1 Å². The van der Waals surface area contributed by atoms with E-state index >= 15 is 4.39 Å². The highest BCUT2D eigenvalue weighted by Crippen LogP contribution is 2.34. The van der Waals surface area contributed by atoms with Crippen LogP contribution in [0, 0.1) is 41.1 Å². The van der Waals surface area contributed by atoms with Crippen molar-refractivity contribution < 1.29 is 31.1 Å². The molecule has 0 aromatic heterocycles. The standard InChI is InChI=1S/C32H32F6O/c1-2-3-4-21-5-7-22(8-6-21)9-10-23-12-16-27-26(17-23)15-14-25(30(27)35)13-11-24-18-28(33)31(29(34)19-24)39-20-32(36,37)38/h12,14-19,21-22H,2-10,20H2,1H3. The molecule has 1 fully saturated rings. The number of fused-ring (bicyclic) bond motifs is 1. The molecule has 1 saturated carbocycles. The summed E-state index contributed by atoms with van der Waals surface area (Å²) in [6.45, 7) is 0.418. The number of halogens is 6. The molecule has 1 nitrogen and oxygen atoms in total. The third-order valence-corrected chi connectivity index (χ3v) is 7.51. The number of hydrogen-bond donors (Lipinski definition) is 0. The number of benzene rings is 3. The molecule has 0 atom stereocenters. The lowest BCUT2D eigenvalue weighted by Crippen LogP contribution is -2.20. The van der Waals surface area contributed by atoms with Crippen molar-refractivity contribution in [2.45, 2.75) is 70.9 Å². The molecule has 0 aliphatic heterocycles. The van der Waals surface area contributed by atoms with Gasteiger partial charge in [-0.1, -0.05) is 88.0 Å². The first kappa shape index (κ1) is 28.9. The Morgan fingerprint density at radius 3 is 2.15 bits per heavy atom. The van der Waals surface area contributed by atoms with E-state index in [2.05, 4.69) is 23.5 Å². The summed E-state index contributed by atoms with van der Waals surface area (Å²) in [5, 5.41) is 1.15. The lowest BCUT2D eigenvalue weighted by atomic mass is 9.78. The SMILES string of the molecule is CCCCC1CCC(CCc2ccc3c(F)c(C#Cc4cc(F)c(OCC(F)(F)F)c(F)c4)ccc3c2)CC1. The predicted octanol–water partition coefficient (Wildman–Crippen LogP) is 9.53. The second-order valence-corrected chi connectivity index (χ2v) is 10.5. The fourth-order valence-corrected chi connectivity index (χ4v) is 5.33. The highest BCUT2D eigenvalue weighted by atomic mass is 19.4. The quantitative estimate of drug-likeness (QED) is 0.202. The molecule has 1 aliphatic carbocycles. The van der Waals surface area contributed by atoms with Gasteiger partial charge in [-0.3, -0.25) is 0 Å². The Balaban J connectivity index is 1.41. The van der Waals surface area contributed by atoms with Crippen LogP contribution in [0.4, 0.5) is 26.3 Å². The lowest BCUT2D eigenvalue weighted by Gasteiger charge is -2.28. The molecule has 4 rings (SSSR count). The maximum absolute atomic E-state index is 15.2. The molecule has 0 saturated heterocycles. The van der Waals surface area contributed by atoms with Crippen molar-refractivity contribution in [3.63, 3.8) is 0 Å². The number of alkyl halides is 3. The van der Waals surface area contributed by atoms with Crippen molar-refractivity contribution in [3.8, 4) is 17.6 Å². The Bertz CT molecular complexity index is 1320. The first-order chi connectivity index (χ1) is 18.6. The van der Waals surface area contributed by atoms with Crippen LogP contribution in [-0.4, -0.2) is 12.8 Å². The van der Waals surface area contributed by atoms with Crippen molar-refractivity contribution in [1.82, 2.24) is 0 Å². The fourth-order valence-electron chi connectivity index (χ4n) is 5.33. The summed E-state index contributed by atoms with van der Waals surface area (Å²) >= 11 is 0. The number of unbranched alkanes of at least 4 members (excludes halogenated alkanes) is 1. The molecule has 0 amide bonds. The third kappa shape index (κ3) is 7.94. The molecule has 1 aliphatic rings. The van der Waals surface area contributed by atoms with Crippen LogP contribution in [-0.2, 0) is 6.42 Å². The first-order valence-electron chi connectivity index (χ1n) is 13.5. The van der Waals surface area contributed by atoms with Gasteiger partial charge in [0.15, 0.2) is 24.0 Å². The fraction of sp³-hybridized carbons (Fsp3) is 0.438. The Labute approximate surface area is 225 Å². The average Bonchev–Trinajstić information content (AvgIpc) is 2.90. The van der Waals surface area contributed by atoms with Gasteiger partial charge in [-0.2, -0.15) is 13.2 Å². The van der Waals surface area contributed by atoms with Gasteiger partial charge in [-0.25, -0.2) is 13.2 Å². The minimum atomic E-state index is -4.74. The Kier molecular flexibility index (Phi) is 9.48. The second kappa shape index (κ2) is 12.8. The van der Waals surface area contributed by atoms with Crippen LogP contribution in [0.15, 0.2) is 42.5 Å². The number of hydrogen-bond acceptors (Lipinski definition) is 1. The normalized spacial score (nSPS) is 17.6. The zero-order valence-corrected chi connectivity index (χ0v) is 21.9. The molecule has 39 heavy (non-hydrogen) atoms. The van der Waals surface area contributed by atoms with E-state index in [-0.39, 0.29) is 11.1 Å². The topological polar surface area (TPSA) is 9.23 Å². The van der Waals surface area contributed by atoms with E-state index in [9.17, 15) is 22.0 Å². The van der Waals surface area contributed by atoms with Crippen LogP contribution in [0.2, 0.25) is 0 Å². The summed E-state index contributed by atoms with van der Waals surface area (Å²) in [5.41, 5.74) is 1.06. The van der Waals surface area contributed by atoms with E-state index in [1.165, 1.54) is 51.0 Å². The third-order valence-electron chi connectivity index (χ3n) is 7.51. The van der Waals surface area contributed by atoms with E-state index in [1.807, 2.05) is 12.1 Å². The van der Waals surface area contributed by atoms with Crippen LogP contribution in [0.3, 0.4) is 0 Å². The van der Waals surface area contributed by atoms with Crippen molar-refractivity contribution in [2.24, 2.45) is 11.8 Å². The van der Waals surface area contributed by atoms with E-state index in [4.69, 9.17) is 0 Å². The van der Waals surface area contributed by atoms with E-state index in [0.717, 1.165) is 47.8 Å². The molecular weight excluding hydrogens is 514 g/mol. The molecule has 0 bridgehead atoms. The molecule has 0 unspecified atom stereocenters. The molecule has 0 N–H and O–H groups in total. The largest absolute Gasteiger partial charge is 0.478 e. The maximum atomic E-state index is 15.2. The summed E-state index contributed by atoms with van der Waals surface area (Å²) in [5.74, 6) is 2.37. The van der Waals surface area contributed by atoms with Crippen LogP contribution >= 0.6 is 0 Å². The molecule has 3 aromatic carbocycles. The number of ether oxygens (including phenoxy) is 1. The summed E-state index contributed by atoms with van der Waals surface area (Å²) in [6.07, 6.45) is 6.51. The van der Waals surface area contributed by atoms with Gasteiger partial charge < -0.3 is 4.74 Å². The summed E-state index contributed by atoms with van der Waals surface area (Å²) in [7, 11) is 0. The number of rotatable bonds is 8. The molecule has 3 aromatic rings. The first-order valence-corrected chi connectivity index (χ1v) is 13.5. The lowest BCUT2D eigenvalue weighted by molar-refractivity contribution is -0.154. The van der Waals surface area contributed by atoms with Crippen molar-refractivity contribution in [2.75, 3.05) is 6.61 Å². The van der Waals surface area contributed by atoms with Crippen molar-refractivity contribution >= 4 is 10.8 Å². The van der Waals surface area contributed by atoms with Gasteiger partial charge in [0.25, 0.3) is 0 Å². The maximum Gasteiger partial charge on any atom is 0.422 e. The zero-order chi connectivity index (χ0) is 28.0. The van der Waals surface area contributed by atoms with Crippen LogP contribution in [0.1, 0.15) is 75.0 Å². The average molecular weight is 547 g/mol. The highest BCUT2D eigenvalue weighted by Gasteiger charge is 2.30. The summed E-state index contributed by atoms with van der Waals surface area (Å²) in [6, 6.07) is 10.4. The van der Waals surface area contributed by atoms with Gasteiger partial charge in [0, 0.05) is 10.9 Å². The Morgan fingerprint density at radius 2 is 1.51 bits per heavy atom. The van der Waals surface area contributed by atoms with E-state index < -0.39 is 36.0 Å². The van der Waals surface area contributed by atoms with Gasteiger partial charge in [0.2, 0.25) is 0 Å². The minimum absolute atomic E-state index is 0.0493. The highest BCUT2D eigenvalue weighted by molar-refractivity contribution is 5.85. The number of aryl methyl sites for hydroxylation is 1. The van der Waals surface area contributed by atoms with Crippen LogP contribution in [0.25, 0.3) is 10.8 Å². The zero-order valence-electron chi connectivity index (χ0n) is 21.9. The smallest absolute Gasteiger partial charge is 0.422 e. The van der Waals surface area contributed by atoms with Gasteiger partial charge >= 0.3 is 6.18 Å². The van der Waals surface area contributed by atoms with Crippen LogP contribution in [0.5, 0.6) is 5.75 Å². The monoisotopic (exact) mass is 546 g/mol. The molecule has 0 heterocycles. The van der Waals surface area contributed by atoms with Gasteiger partial charge in [0.1, 0.15) is 5.82 Å². The van der Waals surface area contributed by atoms with Gasteiger partial charge in [-0.05, 0) is 53.8 Å². The van der Waals surface area contributed by atoms with E-state index in [0.29, 0.717) is 5.39 Å². The molecule has 0 radical (unpaired) electrons. The Morgan fingerprint density at radius 1 is 0.846 bits per heavy atom. The Hall–Kier alpha value is -3.14. The predicted molar refractivity (Wildman–Crippen MR) is 141 cm³/mol. The summed E-state index contributed by atoms with van der Waals surface area (Å²) in [4.78, 5) is 0. The van der Waals surface area contributed by atoms with Gasteiger partial charge in [0.05, 0.1) is 5.56 Å². The van der Waals surface area contributed by atoms with Crippen molar-refractivity contribution in [3.05, 3.63) is 76.6 Å². The van der Waals surface area contributed by atoms with Gasteiger partial charge in [-0.15, -0.1) is 0 Å². The van der Waals surface area contributed by atoms with Crippen LogP contribution < -0.4 is 4.74 Å². The molecule has 0 spiro atoms.